The molecule has 2 saturated carbocycles. The van der Waals surface area contributed by atoms with Gasteiger partial charge < -0.3 is 9.84 Å². The van der Waals surface area contributed by atoms with Crippen molar-refractivity contribution in [1.29, 1.82) is 0 Å². The highest BCUT2D eigenvalue weighted by molar-refractivity contribution is 5.90. The molecule has 0 aromatic heterocycles. The van der Waals surface area contributed by atoms with Gasteiger partial charge in [-0.25, -0.2) is 0 Å². The molecule has 0 amide bonds. The fraction of sp³-hybridized carbons (Fsp3) is 0.611. The van der Waals surface area contributed by atoms with E-state index in [1.54, 1.807) is 12.1 Å². The maximum atomic E-state index is 12.1. The van der Waals surface area contributed by atoms with Crippen LogP contribution in [0.1, 0.15) is 49.1 Å². The van der Waals surface area contributed by atoms with E-state index >= 15 is 0 Å². The first-order chi connectivity index (χ1) is 11.5. The number of hydrogen-bond donors (Lipinski definition) is 1. The molecule has 3 aliphatic carbocycles. The molecule has 4 unspecified atom stereocenters. The number of benzene rings is 1. The van der Waals surface area contributed by atoms with Gasteiger partial charge in [0, 0.05) is 12.5 Å². The number of carbonyl (C=O) groups is 1. The Labute approximate surface area is 140 Å². The third-order valence-electron chi connectivity index (χ3n) is 6.43. The quantitative estimate of drug-likeness (QED) is 0.665. The molecule has 4 rings (SSSR count). The van der Waals surface area contributed by atoms with Crippen molar-refractivity contribution in [2.45, 2.75) is 50.0 Å². The van der Waals surface area contributed by atoms with Crippen LogP contribution in [0.5, 0.6) is 5.75 Å². The average molecular weight is 331 g/mol. The summed E-state index contributed by atoms with van der Waals surface area (Å²) in [6.45, 7) is 0. The minimum atomic E-state index is -1.16. The van der Waals surface area contributed by atoms with Crippen molar-refractivity contribution >= 4 is 11.5 Å². The molecule has 128 valence electrons. The first kappa shape index (κ1) is 15.6. The van der Waals surface area contributed by atoms with Crippen LogP contribution in [0.25, 0.3) is 0 Å². The van der Waals surface area contributed by atoms with Crippen LogP contribution in [-0.2, 0) is 11.2 Å². The molecule has 6 heteroatoms. The van der Waals surface area contributed by atoms with Crippen LogP contribution in [0.3, 0.4) is 0 Å². The monoisotopic (exact) mass is 331 g/mol. The van der Waals surface area contributed by atoms with Gasteiger partial charge in [0.2, 0.25) is 0 Å². The number of Topliss-reactive ketones (excluding diaryl/α,β-unsaturated/α-hetero) is 1. The Balaban J connectivity index is 1.76. The van der Waals surface area contributed by atoms with Crippen molar-refractivity contribution in [3.8, 4) is 5.75 Å². The maximum Gasteiger partial charge on any atom is 0.311 e. The van der Waals surface area contributed by atoms with Crippen molar-refractivity contribution < 1.29 is 19.6 Å². The SMILES string of the molecule is COc1cc2c(cc1[N+](=O)[O-])C1CCC3(O)C(=O)CCC3C1CC2. The molecule has 0 spiro atoms. The lowest BCUT2D eigenvalue weighted by molar-refractivity contribution is -0.385. The highest BCUT2D eigenvalue weighted by Gasteiger charge is 2.56. The lowest BCUT2D eigenvalue weighted by atomic mass is 9.59. The number of ketones is 1. The number of fused-ring (bicyclic) bond motifs is 5. The molecule has 0 radical (unpaired) electrons. The predicted molar refractivity (Wildman–Crippen MR) is 86.1 cm³/mol. The second-order valence-electron chi connectivity index (χ2n) is 7.32. The molecular weight excluding hydrogens is 310 g/mol. The van der Waals surface area contributed by atoms with Gasteiger partial charge in [0.25, 0.3) is 0 Å². The number of nitrogens with zero attached hydrogens (tertiary/aromatic N) is 1. The molecule has 1 N–H and O–H groups in total. The molecule has 3 aliphatic rings. The Hall–Kier alpha value is -1.95. The number of hydrogen-bond acceptors (Lipinski definition) is 5. The first-order valence-electron chi connectivity index (χ1n) is 8.56. The number of nitro benzene ring substituents is 1. The molecule has 2 fully saturated rings. The zero-order valence-corrected chi connectivity index (χ0v) is 13.7. The highest BCUT2D eigenvalue weighted by Crippen LogP contribution is 2.56. The van der Waals surface area contributed by atoms with E-state index in [-0.39, 0.29) is 29.2 Å². The zero-order valence-electron chi connectivity index (χ0n) is 13.7. The van der Waals surface area contributed by atoms with Crippen LogP contribution in [0.4, 0.5) is 5.69 Å². The van der Waals surface area contributed by atoms with Gasteiger partial charge in [0.1, 0.15) is 5.60 Å². The predicted octanol–water partition coefficient (Wildman–Crippen LogP) is 2.75. The van der Waals surface area contributed by atoms with Crippen LogP contribution in [-0.4, -0.2) is 28.5 Å². The maximum absolute atomic E-state index is 12.1. The molecule has 4 atom stereocenters. The van der Waals surface area contributed by atoms with Crippen LogP contribution in [0.15, 0.2) is 12.1 Å². The van der Waals surface area contributed by atoms with Gasteiger partial charge in [-0.05, 0) is 67.1 Å². The molecule has 6 nitrogen and oxygen atoms in total. The van der Waals surface area contributed by atoms with Crippen molar-refractivity contribution in [2.75, 3.05) is 7.11 Å². The van der Waals surface area contributed by atoms with Gasteiger partial charge in [-0.1, -0.05) is 0 Å². The minimum absolute atomic E-state index is 0.000216. The number of aliphatic hydroxyl groups is 1. The number of ether oxygens (including phenoxy) is 1. The smallest absolute Gasteiger partial charge is 0.311 e. The lowest BCUT2D eigenvalue weighted by Crippen LogP contribution is -2.49. The van der Waals surface area contributed by atoms with Gasteiger partial charge in [-0.2, -0.15) is 0 Å². The van der Waals surface area contributed by atoms with Crippen LogP contribution in [0, 0.1) is 22.0 Å². The molecular formula is C18H21NO5. The second-order valence-corrected chi connectivity index (χ2v) is 7.32. The Morgan fingerprint density at radius 3 is 2.79 bits per heavy atom. The fourth-order valence-corrected chi connectivity index (χ4v) is 5.32. The number of carbonyl (C=O) groups excluding carboxylic acids is 1. The summed E-state index contributed by atoms with van der Waals surface area (Å²) in [6.07, 6.45) is 4.10. The molecule has 1 aromatic rings. The number of aryl methyl sites for hydroxylation is 1. The van der Waals surface area contributed by atoms with Crippen molar-refractivity contribution in [3.63, 3.8) is 0 Å². The van der Waals surface area contributed by atoms with Gasteiger partial charge in [-0.15, -0.1) is 0 Å². The van der Waals surface area contributed by atoms with E-state index in [9.17, 15) is 20.0 Å². The van der Waals surface area contributed by atoms with E-state index in [1.807, 2.05) is 0 Å². The second kappa shape index (κ2) is 5.28. The zero-order chi connectivity index (χ0) is 17.1. The highest BCUT2D eigenvalue weighted by atomic mass is 16.6. The van der Waals surface area contributed by atoms with E-state index in [0.29, 0.717) is 25.0 Å². The molecule has 0 bridgehead atoms. The van der Waals surface area contributed by atoms with Crippen molar-refractivity contribution in [1.82, 2.24) is 0 Å². The lowest BCUT2D eigenvalue weighted by Gasteiger charge is -2.47. The van der Waals surface area contributed by atoms with Gasteiger partial charge >= 0.3 is 5.69 Å². The van der Waals surface area contributed by atoms with Crippen LogP contribution >= 0.6 is 0 Å². The number of rotatable bonds is 2. The van der Waals surface area contributed by atoms with Gasteiger partial charge in [0.15, 0.2) is 11.5 Å². The normalized spacial score (nSPS) is 34.2. The topological polar surface area (TPSA) is 89.7 Å². The molecule has 1 aromatic carbocycles. The Morgan fingerprint density at radius 2 is 2.08 bits per heavy atom. The van der Waals surface area contributed by atoms with E-state index in [1.165, 1.54) is 7.11 Å². The average Bonchev–Trinajstić information content (AvgIpc) is 2.88. The number of nitro groups is 1. The summed E-state index contributed by atoms with van der Waals surface area (Å²) in [5.74, 6) is 0.710. The van der Waals surface area contributed by atoms with Crippen molar-refractivity contribution in [2.24, 2.45) is 11.8 Å². The van der Waals surface area contributed by atoms with E-state index in [4.69, 9.17) is 4.74 Å². The summed E-state index contributed by atoms with van der Waals surface area (Å²) in [6, 6.07) is 3.45. The van der Waals surface area contributed by atoms with E-state index in [0.717, 1.165) is 30.4 Å². The summed E-state index contributed by atoms with van der Waals surface area (Å²) < 4.78 is 5.18. The van der Waals surface area contributed by atoms with E-state index in [2.05, 4.69) is 0 Å². The third-order valence-corrected chi connectivity index (χ3v) is 6.43. The standard InChI is InChI=1S/C18H21NO5/c1-24-16-8-10-2-3-12-11(13(10)9-15(16)19(22)23)6-7-18(21)14(12)4-5-17(18)20/h8-9,11-12,14,21H,2-7H2,1H3. The summed E-state index contributed by atoms with van der Waals surface area (Å²) >= 11 is 0. The first-order valence-corrected chi connectivity index (χ1v) is 8.56. The van der Waals surface area contributed by atoms with E-state index < -0.39 is 10.5 Å². The number of methoxy groups -OCH3 is 1. The molecule has 0 heterocycles. The minimum Gasteiger partial charge on any atom is -0.490 e. The Kier molecular flexibility index (Phi) is 3.42. The third kappa shape index (κ3) is 2.02. The molecule has 0 aliphatic heterocycles. The summed E-state index contributed by atoms with van der Waals surface area (Å²) in [5, 5.41) is 22.2. The summed E-state index contributed by atoms with van der Waals surface area (Å²) in [5.41, 5.74) is 0.964. The Morgan fingerprint density at radius 1 is 1.29 bits per heavy atom. The van der Waals surface area contributed by atoms with Gasteiger partial charge in [-0.3, -0.25) is 14.9 Å². The fourth-order valence-electron chi connectivity index (χ4n) is 5.32. The summed E-state index contributed by atoms with van der Waals surface area (Å²) in [4.78, 5) is 23.1. The van der Waals surface area contributed by atoms with Crippen LogP contribution in [0.2, 0.25) is 0 Å². The molecule has 24 heavy (non-hydrogen) atoms. The van der Waals surface area contributed by atoms with Crippen LogP contribution < -0.4 is 4.74 Å². The molecule has 0 saturated heterocycles. The van der Waals surface area contributed by atoms with Gasteiger partial charge in [0.05, 0.1) is 12.0 Å². The summed E-state index contributed by atoms with van der Waals surface area (Å²) in [7, 11) is 1.45. The Bertz CT molecular complexity index is 730. The van der Waals surface area contributed by atoms with Crippen molar-refractivity contribution in [3.05, 3.63) is 33.4 Å². The largest absolute Gasteiger partial charge is 0.490 e.